The molecule has 6 rings (SSSR count). The lowest BCUT2D eigenvalue weighted by Crippen LogP contribution is -3.00. The lowest BCUT2D eigenvalue weighted by molar-refractivity contribution is -0.344. The summed E-state index contributed by atoms with van der Waals surface area (Å²) in [5.74, 6) is 0. The van der Waals surface area contributed by atoms with Gasteiger partial charge in [0.15, 0.2) is 6.20 Å². The number of nitrogens with zero attached hydrogens (tertiary/aromatic N) is 1. The lowest BCUT2D eigenvalue weighted by atomic mass is 9.81. The maximum absolute atomic E-state index is 3.34. The first-order valence-electron chi connectivity index (χ1n) is 12.2. The number of pyridine rings is 1. The molecule has 0 unspecified atom stereocenters. The molecule has 0 amide bonds. The standard InChI is InChI=1S/C33H28N2.BrH/c1-33(2)31(18-10-14-26-21-22-34-29-17-9-8-15-27(26)29)35(23-24-11-4-3-5-12-24)30-20-19-25-13-6-7-16-28(25)32(30)33;/h3-22H,23H2,1-2H3;1H/b14-10+,31-18+;. The lowest BCUT2D eigenvalue weighted by Gasteiger charge is -2.27. The molecule has 0 spiro atoms. The Morgan fingerprint density at radius 3 is 2.33 bits per heavy atom. The molecule has 178 valence electrons. The van der Waals surface area contributed by atoms with Crippen molar-refractivity contribution < 1.29 is 22.0 Å². The fourth-order valence-electron chi connectivity index (χ4n) is 5.53. The molecule has 0 saturated heterocycles. The molecule has 2 heterocycles. The number of hydrogen-bond donors (Lipinski definition) is 0. The van der Waals surface area contributed by atoms with Gasteiger partial charge in [-0.15, -0.1) is 0 Å². The highest BCUT2D eigenvalue weighted by Crippen LogP contribution is 2.51. The fourth-order valence-corrected chi connectivity index (χ4v) is 5.53. The number of para-hydroxylation sites is 1. The number of aromatic amines is 1. The number of hydrogen-bond acceptors (Lipinski definition) is 1. The molecule has 0 fully saturated rings. The molecule has 1 N–H and O–H groups in total. The second kappa shape index (κ2) is 9.75. The Kier molecular flexibility index (Phi) is 6.51. The van der Waals surface area contributed by atoms with Crippen LogP contribution in [0.3, 0.4) is 0 Å². The van der Waals surface area contributed by atoms with E-state index in [0.29, 0.717) is 0 Å². The monoisotopic (exact) mass is 532 g/mol. The molecular weight excluding hydrogens is 504 g/mol. The number of H-pyrrole nitrogens is 1. The summed E-state index contributed by atoms with van der Waals surface area (Å²) in [5.41, 5.74) is 7.57. The maximum atomic E-state index is 3.34. The highest BCUT2D eigenvalue weighted by Gasteiger charge is 2.41. The largest absolute Gasteiger partial charge is 1.00 e. The summed E-state index contributed by atoms with van der Waals surface area (Å²) in [6, 6.07) is 34.7. The van der Waals surface area contributed by atoms with Gasteiger partial charge in [0.2, 0.25) is 5.52 Å². The highest BCUT2D eigenvalue weighted by atomic mass is 79.9. The zero-order valence-electron chi connectivity index (χ0n) is 20.6. The van der Waals surface area contributed by atoms with Crippen LogP contribution in [0.1, 0.15) is 30.5 Å². The van der Waals surface area contributed by atoms with Crippen LogP contribution in [0.5, 0.6) is 0 Å². The van der Waals surface area contributed by atoms with Gasteiger partial charge in [-0.3, -0.25) is 0 Å². The molecule has 1 aliphatic rings. The zero-order chi connectivity index (χ0) is 23.8. The van der Waals surface area contributed by atoms with Gasteiger partial charge in [-0.05, 0) is 45.7 Å². The van der Waals surface area contributed by atoms with Crippen molar-refractivity contribution in [2.45, 2.75) is 25.8 Å². The summed E-state index contributed by atoms with van der Waals surface area (Å²) >= 11 is 0. The molecule has 1 aromatic heterocycles. The third kappa shape index (κ3) is 4.14. The second-order valence-electron chi connectivity index (χ2n) is 9.77. The van der Waals surface area contributed by atoms with Gasteiger partial charge in [0.1, 0.15) is 0 Å². The summed E-state index contributed by atoms with van der Waals surface area (Å²) in [6.45, 7) is 5.56. The average Bonchev–Trinajstić information content (AvgIpc) is 3.11. The van der Waals surface area contributed by atoms with E-state index in [4.69, 9.17) is 0 Å². The van der Waals surface area contributed by atoms with Crippen LogP contribution in [-0.4, -0.2) is 0 Å². The van der Waals surface area contributed by atoms with Gasteiger partial charge >= 0.3 is 0 Å². The van der Waals surface area contributed by atoms with E-state index in [1.54, 1.807) is 0 Å². The molecule has 5 aromatic rings. The molecule has 0 radical (unpaired) electrons. The minimum atomic E-state index is -0.123. The Morgan fingerprint density at radius 2 is 1.50 bits per heavy atom. The summed E-state index contributed by atoms with van der Waals surface area (Å²) in [4.78, 5) is 5.84. The van der Waals surface area contributed by atoms with Gasteiger partial charge < -0.3 is 21.9 Å². The summed E-state index contributed by atoms with van der Waals surface area (Å²) in [6.07, 6.45) is 8.76. The van der Waals surface area contributed by atoms with Crippen molar-refractivity contribution in [3.8, 4) is 0 Å². The maximum Gasteiger partial charge on any atom is 0.211 e. The van der Waals surface area contributed by atoms with Crippen LogP contribution in [0.2, 0.25) is 0 Å². The van der Waals surface area contributed by atoms with Crippen molar-refractivity contribution in [3.63, 3.8) is 0 Å². The number of benzene rings is 4. The Labute approximate surface area is 223 Å². The molecular formula is C33H29BrN2. The van der Waals surface area contributed by atoms with E-state index >= 15 is 0 Å². The van der Waals surface area contributed by atoms with Crippen molar-refractivity contribution in [2.24, 2.45) is 0 Å². The number of nitrogens with one attached hydrogen (secondary N) is 1. The SMILES string of the molecule is CC1(C)/C(=C\C=C\c2cc[nH+]c3ccccc23)N(Cc2ccccc2)c2ccc3ccccc3c21.[Br-]. The first-order valence-corrected chi connectivity index (χ1v) is 12.2. The van der Waals surface area contributed by atoms with Gasteiger partial charge in [0.25, 0.3) is 0 Å². The van der Waals surface area contributed by atoms with Crippen LogP contribution in [0.15, 0.2) is 121 Å². The zero-order valence-corrected chi connectivity index (χ0v) is 22.2. The number of allylic oxidation sites excluding steroid dienone is 3. The Balaban J connectivity index is 0.00000267. The molecule has 0 bridgehead atoms. The van der Waals surface area contributed by atoms with Gasteiger partial charge in [0, 0.05) is 35.5 Å². The van der Waals surface area contributed by atoms with Crippen LogP contribution in [0, 0.1) is 0 Å². The molecule has 2 nitrogen and oxygen atoms in total. The normalized spacial score (nSPS) is 15.5. The highest BCUT2D eigenvalue weighted by molar-refractivity contribution is 5.95. The van der Waals surface area contributed by atoms with E-state index < -0.39 is 0 Å². The molecule has 0 atom stereocenters. The quantitative estimate of drug-likeness (QED) is 0.327. The van der Waals surface area contributed by atoms with Crippen LogP contribution >= 0.6 is 0 Å². The molecule has 0 aliphatic carbocycles. The number of rotatable bonds is 4. The van der Waals surface area contributed by atoms with Crippen LogP contribution in [0.25, 0.3) is 27.8 Å². The molecule has 0 saturated carbocycles. The minimum absolute atomic E-state index is 0. The Bertz CT molecular complexity index is 1590. The first kappa shape index (κ1) is 24.0. The number of fused-ring (bicyclic) bond motifs is 4. The molecule has 3 heteroatoms. The van der Waals surface area contributed by atoms with Gasteiger partial charge in [-0.25, -0.2) is 4.98 Å². The fraction of sp³-hybridized carbons (Fsp3) is 0.121. The van der Waals surface area contributed by atoms with E-state index in [0.717, 1.165) is 12.1 Å². The van der Waals surface area contributed by atoms with Gasteiger partial charge in [-0.1, -0.05) is 98.8 Å². The van der Waals surface area contributed by atoms with Crippen LogP contribution in [0.4, 0.5) is 5.69 Å². The minimum Gasteiger partial charge on any atom is -1.00 e. The molecule has 4 aromatic carbocycles. The second-order valence-corrected chi connectivity index (χ2v) is 9.77. The van der Waals surface area contributed by atoms with Crippen molar-refractivity contribution in [3.05, 3.63) is 138 Å². The third-order valence-electron chi connectivity index (χ3n) is 7.21. The summed E-state index contributed by atoms with van der Waals surface area (Å²) in [7, 11) is 0. The first-order chi connectivity index (χ1) is 17.1. The van der Waals surface area contributed by atoms with E-state index in [2.05, 4.69) is 139 Å². The Hall–Kier alpha value is -3.69. The number of anilines is 1. The van der Waals surface area contributed by atoms with E-state index in [-0.39, 0.29) is 22.4 Å². The predicted octanol–water partition coefficient (Wildman–Crippen LogP) is 4.71. The van der Waals surface area contributed by atoms with E-state index in [1.807, 2.05) is 6.20 Å². The smallest absolute Gasteiger partial charge is 0.211 e. The number of halogens is 1. The van der Waals surface area contributed by atoms with E-state index in [9.17, 15) is 0 Å². The Morgan fingerprint density at radius 1 is 0.778 bits per heavy atom. The number of aromatic nitrogens is 1. The third-order valence-corrected chi connectivity index (χ3v) is 7.21. The van der Waals surface area contributed by atoms with E-state index in [1.165, 1.54) is 44.2 Å². The van der Waals surface area contributed by atoms with Crippen molar-refractivity contribution in [2.75, 3.05) is 4.90 Å². The van der Waals surface area contributed by atoms with Crippen molar-refractivity contribution in [1.29, 1.82) is 0 Å². The van der Waals surface area contributed by atoms with Crippen LogP contribution in [-0.2, 0) is 12.0 Å². The van der Waals surface area contributed by atoms with Gasteiger partial charge in [-0.2, -0.15) is 0 Å². The summed E-state index contributed by atoms with van der Waals surface area (Å²) < 4.78 is 0. The van der Waals surface area contributed by atoms with Crippen molar-refractivity contribution in [1.82, 2.24) is 0 Å². The molecule has 1 aliphatic heterocycles. The van der Waals surface area contributed by atoms with Gasteiger partial charge in [0.05, 0.1) is 5.39 Å². The van der Waals surface area contributed by atoms with Crippen molar-refractivity contribution >= 4 is 33.4 Å². The average molecular weight is 534 g/mol. The summed E-state index contributed by atoms with van der Waals surface area (Å²) in [5, 5.41) is 3.86. The predicted molar refractivity (Wildman–Crippen MR) is 147 cm³/mol. The molecule has 36 heavy (non-hydrogen) atoms. The topological polar surface area (TPSA) is 17.4 Å². The van der Waals surface area contributed by atoms with Crippen LogP contribution < -0.4 is 26.9 Å².